The Morgan fingerprint density at radius 1 is 1.30 bits per heavy atom. The second kappa shape index (κ2) is 12.3. The van der Waals surface area contributed by atoms with Crippen LogP contribution in [0.4, 0.5) is 0 Å². The Balaban J connectivity index is 0.00000364. The van der Waals surface area contributed by atoms with Crippen molar-refractivity contribution in [2.75, 3.05) is 19.0 Å². The fourth-order valence-corrected chi connectivity index (χ4v) is 2.69. The summed E-state index contributed by atoms with van der Waals surface area (Å²) in [7, 11) is 0. The maximum absolute atomic E-state index is 10.7. The van der Waals surface area contributed by atoms with Gasteiger partial charge in [-0.2, -0.15) is 0 Å². The number of thioether (sulfide) groups is 1. The Labute approximate surface area is 186 Å². The molecule has 0 unspecified atom stereocenters. The zero-order valence-electron chi connectivity index (χ0n) is 15.2. The average molecular weight is 397 g/mol. The van der Waals surface area contributed by atoms with Crippen LogP contribution >= 0.6 is 11.8 Å². The van der Waals surface area contributed by atoms with Crippen LogP contribution in [0.5, 0.6) is 0 Å². The number of hydrogen-bond donors (Lipinski definition) is 1. The SMILES string of the molecule is Cc1ccc(-c2nc(CCOCC#CCS[C@@H](C)C(=O)O)c(C)o2)cc1.[NaH]. The predicted molar refractivity (Wildman–Crippen MR) is 110 cm³/mol. The quantitative estimate of drug-likeness (QED) is 0.419. The zero-order valence-corrected chi connectivity index (χ0v) is 16.1. The molecular formula is C20H24NNaO4S. The Bertz CT molecular complexity index is 793. The molecule has 2 rings (SSSR count). The summed E-state index contributed by atoms with van der Waals surface area (Å²) >= 11 is 1.30. The Morgan fingerprint density at radius 3 is 2.67 bits per heavy atom. The fourth-order valence-electron chi connectivity index (χ4n) is 2.11. The molecule has 0 amide bonds. The van der Waals surface area contributed by atoms with E-state index in [0.29, 0.717) is 31.3 Å². The summed E-state index contributed by atoms with van der Waals surface area (Å²) in [6.45, 7) is 6.43. The van der Waals surface area contributed by atoms with Gasteiger partial charge in [-0.15, -0.1) is 11.8 Å². The van der Waals surface area contributed by atoms with E-state index in [1.807, 2.05) is 38.1 Å². The van der Waals surface area contributed by atoms with Crippen molar-refractivity contribution >= 4 is 47.3 Å². The van der Waals surface area contributed by atoms with Crippen molar-refractivity contribution in [3.8, 4) is 23.3 Å². The number of aliphatic carboxylic acids is 1. The third-order valence-corrected chi connectivity index (χ3v) is 4.74. The Kier molecular flexibility index (Phi) is 10.8. The molecule has 0 saturated heterocycles. The van der Waals surface area contributed by atoms with Crippen LogP contribution in [0.15, 0.2) is 28.7 Å². The standard InChI is InChI=1S/C20H23NO4S.Na.H/c1-14-6-8-17(9-7-14)19-21-18(15(2)25-19)10-12-24-11-4-5-13-26-16(3)20(22)23;;/h6-9,16H,10-13H2,1-3H3,(H,22,23);;/t16-;;/m0../s1. The first-order valence-corrected chi connectivity index (χ1v) is 9.43. The van der Waals surface area contributed by atoms with E-state index in [2.05, 4.69) is 16.8 Å². The second-order valence-corrected chi connectivity index (χ2v) is 7.16. The number of carbonyl (C=O) groups is 1. The van der Waals surface area contributed by atoms with Gasteiger partial charge in [0.25, 0.3) is 0 Å². The molecule has 0 radical (unpaired) electrons. The maximum atomic E-state index is 10.7. The Hall–Kier alpha value is -1.23. The van der Waals surface area contributed by atoms with Crippen molar-refractivity contribution in [1.29, 1.82) is 0 Å². The summed E-state index contributed by atoms with van der Waals surface area (Å²) in [5.74, 6) is 6.88. The van der Waals surface area contributed by atoms with Crippen LogP contribution < -0.4 is 0 Å². The van der Waals surface area contributed by atoms with Crippen molar-refractivity contribution in [2.45, 2.75) is 32.4 Å². The first kappa shape index (κ1) is 23.8. The van der Waals surface area contributed by atoms with E-state index in [-0.39, 0.29) is 29.6 Å². The molecule has 0 fully saturated rings. The molecule has 1 aromatic carbocycles. The second-order valence-electron chi connectivity index (χ2n) is 5.84. The minimum atomic E-state index is -0.818. The normalized spacial score (nSPS) is 11.2. The number of carboxylic acid groups (broad SMARTS) is 1. The van der Waals surface area contributed by atoms with Gasteiger partial charge in [0, 0.05) is 12.0 Å². The molecule has 1 atom stereocenters. The van der Waals surface area contributed by atoms with Gasteiger partial charge in [0.2, 0.25) is 5.89 Å². The van der Waals surface area contributed by atoms with Crippen LogP contribution in [0.2, 0.25) is 0 Å². The van der Waals surface area contributed by atoms with Crippen LogP contribution in [-0.4, -0.2) is 69.8 Å². The number of aromatic nitrogens is 1. The fraction of sp³-hybridized carbons (Fsp3) is 0.400. The first-order chi connectivity index (χ1) is 12.5. The van der Waals surface area contributed by atoms with Gasteiger partial charge in [0.15, 0.2) is 0 Å². The zero-order chi connectivity index (χ0) is 18.9. The topological polar surface area (TPSA) is 72.6 Å². The molecule has 1 aromatic heterocycles. The minimum absolute atomic E-state index is 0. The summed E-state index contributed by atoms with van der Waals surface area (Å²) in [5.41, 5.74) is 3.05. The van der Waals surface area contributed by atoms with Gasteiger partial charge < -0.3 is 14.3 Å². The molecular weight excluding hydrogens is 373 g/mol. The number of benzene rings is 1. The number of ether oxygens (including phenoxy) is 1. The first-order valence-electron chi connectivity index (χ1n) is 8.38. The Morgan fingerprint density at radius 2 is 2.00 bits per heavy atom. The summed E-state index contributed by atoms with van der Waals surface area (Å²) in [6.07, 6.45) is 0.660. The van der Waals surface area contributed by atoms with Crippen molar-refractivity contribution in [1.82, 2.24) is 4.98 Å². The van der Waals surface area contributed by atoms with Crippen molar-refractivity contribution in [3.05, 3.63) is 41.3 Å². The van der Waals surface area contributed by atoms with E-state index in [9.17, 15) is 4.79 Å². The monoisotopic (exact) mass is 397 g/mol. The van der Waals surface area contributed by atoms with Gasteiger partial charge in [-0.05, 0) is 32.9 Å². The molecule has 0 aliphatic carbocycles. The third kappa shape index (κ3) is 8.12. The van der Waals surface area contributed by atoms with Gasteiger partial charge in [-0.25, -0.2) is 4.98 Å². The van der Waals surface area contributed by atoms with Gasteiger partial charge in [-0.1, -0.05) is 29.5 Å². The van der Waals surface area contributed by atoms with E-state index in [4.69, 9.17) is 14.3 Å². The van der Waals surface area contributed by atoms with E-state index < -0.39 is 11.2 Å². The van der Waals surface area contributed by atoms with Crippen LogP contribution in [0.1, 0.15) is 23.9 Å². The molecule has 140 valence electrons. The summed E-state index contributed by atoms with van der Waals surface area (Å²) < 4.78 is 11.2. The predicted octanol–water partition coefficient (Wildman–Crippen LogP) is 3.08. The van der Waals surface area contributed by atoms with Crippen LogP contribution in [0.25, 0.3) is 11.5 Å². The molecule has 27 heavy (non-hydrogen) atoms. The molecule has 0 spiro atoms. The van der Waals surface area contributed by atoms with Crippen LogP contribution in [-0.2, 0) is 16.0 Å². The van der Waals surface area contributed by atoms with Gasteiger partial charge in [0.05, 0.1) is 18.1 Å². The molecule has 7 heteroatoms. The van der Waals surface area contributed by atoms with Crippen LogP contribution in [0, 0.1) is 25.7 Å². The van der Waals surface area contributed by atoms with Crippen LogP contribution in [0.3, 0.4) is 0 Å². The number of carboxylic acids is 1. The summed E-state index contributed by atoms with van der Waals surface area (Å²) in [6, 6.07) is 8.07. The average Bonchev–Trinajstić information content (AvgIpc) is 2.98. The van der Waals surface area contributed by atoms with E-state index in [1.165, 1.54) is 17.3 Å². The third-order valence-electron chi connectivity index (χ3n) is 3.73. The molecule has 0 bridgehead atoms. The van der Waals surface area contributed by atoms with Crippen molar-refractivity contribution in [2.24, 2.45) is 0 Å². The van der Waals surface area contributed by atoms with Gasteiger partial charge in [0.1, 0.15) is 17.6 Å². The number of aryl methyl sites for hydroxylation is 2. The molecule has 0 aliphatic rings. The molecule has 0 saturated carbocycles. The number of oxazole rings is 1. The van der Waals surface area contributed by atoms with E-state index in [0.717, 1.165) is 17.0 Å². The van der Waals surface area contributed by atoms with E-state index in [1.54, 1.807) is 6.92 Å². The molecule has 0 aliphatic heterocycles. The number of nitrogens with zero attached hydrogens (tertiary/aromatic N) is 1. The molecule has 2 aromatic rings. The molecule has 1 N–H and O–H groups in total. The summed E-state index contributed by atoms with van der Waals surface area (Å²) in [5, 5.41) is 8.32. The number of hydrogen-bond acceptors (Lipinski definition) is 5. The van der Waals surface area contributed by atoms with E-state index >= 15 is 0 Å². The van der Waals surface area contributed by atoms with Crippen molar-refractivity contribution in [3.63, 3.8) is 0 Å². The van der Waals surface area contributed by atoms with Crippen molar-refractivity contribution < 1.29 is 19.1 Å². The van der Waals surface area contributed by atoms with Gasteiger partial charge in [-0.3, -0.25) is 4.79 Å². The molecule has 5 nitrogen and oxygen atoms in total. The summed E-state index contributed by atoms with van der Waals surface area (Å²) in [4.78, 5) is 15.2. The number of rotatable bonds is 8. The molecule has 1 heterocycles. The van der Waals surface area contributed by atoms with Gasteiger partial charge >= 0.3 is 35.5 Å².